The summed E-state index contributed by atoms with van der Waals surface area (Å²) in [6.45, 7) is -0.258. The third-order valence-electron chi connectivity index (χ3n) is 2.75. The van der Waals surface area contributed by atoms with E-state index < -0.39 is 10.9 Å². The third-order valence-corrected chi connectivity index (χ3v) is 3.06. The van der Waals surface area contributed by atoms with E-state index in [0.29, 0.717) is 0 Å². The van der Waals surface area contributed by atoms with Crippen molar-refractivity contribution in [3.05, 3.63) is 33.3 Å². The average Bonchev–Trinajstić information content (AvgIpc) is 3.08. The van der Waals surface area contributed by atoms with Gasteiger partial charge in [-0.1, -0.05) is 17.7 Å². The number of para-hydroxylation sites is 1. The van der Waals surface area contributed by atoms with Crippen LogP contribution in [0.2, 0.25) is 5.02 Å². The zero-order valence-corrected chi connectivity index (χ0v) is 10.1. The van der Waals surface area contributed by atoms with Crippen molar-refractivity contribution in [1.29, 1.82) is 0 Å². The third kappa shape index (κ3) is 2.53. The normalized spacial score (nSPS) is 14.3. The van der Waals surface area contributed by atoms with E-state index in [1.807, 2.05) is 0 Å². The number of anilines is 1. The van der Waals surface area contributed by atoms with Crippen molar-refractivity contribution in [2.75, 3.05) is 11.4 Å². The predicted octanol–water partition coefficient (Wildman–Crippen LogP) is 2.30. The highest BCUT2D eigenvalue weighted by molar-refractivity contribution is 6.33. The minimum atomic E-state index is -1.02. The molecule has 0 atom stereocenters. The topological polar surface area (TPSA) is 83.7 Å². The Morgan fingerprint density at radius 2 is 2.22 bits per heavy atom. The van der Waals surface area contributed by atoms with Gasteiger partial charge in [0, 0.05) is 6.04 Å². The summed E-state index contributed by atoms with van der Waals surface area (Å²) in [6.07, 6.45) is 1.69. The molecule has 7 heteroatoms. The molecule has 0 spiro atoms. The van der Waals surface area contributed by atoms with Crippen molar-refractivity contribution >= 4 is 28.9 Å². The number of nitrogens with zero attached hydrogens (tertiary/aromatic N) is 2. The summed E-state index contributed by atoms with van der Waals surface area (Å²) in [5, 5.41) is 19.9. The molecule has 0 aromatic heterocycles. The van der Waals surface area contributed by atoms with Crippen LogP contribution in [0, 0.1) is 10.1 Å². The molecule has 0 radical (unpaired) electrons. The van der Waals surface area contributed by atoms with Crippen LogP contribution in [0.5, 0.6) is 0 Å². The van der Waals surface area contributed by atoms with Gasteiger partial charge in [-0.15, -0.1) is 0 Å². The van der Waals surface area contributed by atoms with Gasteiger partial charge in [-0.25, -0.2) is 0 Å². The van der Waals surface area contributed by atoms with E-state index in [2.05, 4.69) is 0 Å². The molecular formula is C11H11ClN2O4. The molecule has 96 valence electrons. The summed E-state index contributed by atoms with van der Waals surface area (Å²) in [5.41, 5.74) is 0.0460. The fraction of sp³-hybridized carbons (Fsp3) is 0.364. The maximum Gasteiger partial charge on any atom is 0.323 e. The Labute approximate surface area is 108 Å². The second-order valence-electron chi connectivity index (χ2n) is 4.12. The second-order valence-corrected chi connectivity index (χ2v) is 4.52. The van der Waals surface area contributed by atoms with Gasteiger partial charge in [0.1, 0.15) is 17.3 Å². The molecule has 0 heterocycles. The lowest BCUT2D eigenvalue weighted by atomic mass is 10.2. The Balaban J connectivity index is 2.43. The summed E-state index contributed by atoms with van der Waals surface area (Å²) in [6, 6.07) is 4.60. The highest BCUT2D eigenvalue weighted by atomic mass is 35.5. The Kier molecular flexibility index (Phi) is 3.38. The van der Waals surface area contributed by atoms with E-state index in [9.17, 15) is 14.9 Å². The SMILES string of the molecule is O=C(O)CN(c1cccc(Cl)c1[N+](=O)[O-])C1CC1. The van der Waals surface area contributed by atoms with Gasteiger partial charge in [-0.3, -0.25) is 14.9 Å². The van der Waals surface area contributed by atoms with Gasteiger partial charge in [-0.2, -0.15) is 0 Å². The summed E-state index contributed by atoms with van der Waals surface area (Å²) in [4.78, 5) is 22.8. The van der Waals surface area contributed by atoms with Gasteiger partial charge >= 0.3 is 11.7 Å². The first-order valence-electron chi connectivity index (χ1n) is 5.42. The van der Waals surface area contributed by atoms with E-state index in [1.54, 1.807) is 6.07 Å². The summed E-state index contributed by atoms with van der Waals surface area (Å²) < 4.78 is 0. The molecule has 0 amide bonds. The number of hydrogen-bond donors (Lipinski definition) is 1. The fourth-order valence-corrected chi connectivity index (χ4v) is 2.10. The Morgan fingerprint density at radius 3 is 2.72 bits per heavy atom. The molecule has 1 saturated carbocycles. The number of halogens is 1. The van der Waals surface area contributed by atoms with Gasteiger partial charge in [-0.05, 0) is 25.0 Å². The van der Waals surface area contributed by atoms with Crippen molar-refractivity contribution in [3.8, 4) is 0 Å². The molecule has 1 aliphatic rings. The number of carbonyl (C=O) groups is 1. The summed E-state index contributed by atoms with van der Waals surface area (Å²) in [5.74, 6) is -1.02. The molecule has 0 aliphatic heterocycles. The Bertz CT molecular complexity index is 502. The summed E-state index contributed by atoms with van der Waals surface area (Å²) >= 11 is 5.81. The number of benzene rings is 1. The van der Waals surface area contributed by atoms with Crippen LogP contribution < -0.4 is 4.90 Å². The zero-order chi connectivity index (χ0) is 13.3. The van der Waals surface area contributed by atoms with Crippen LogP contribution in [-0.4, -0.2) is 28.6 Å². The largest absolute Gasteiger partial charge is 0.480 e. The molecular weight excluding hydrogens is 260 g/mol. The van der Waals surface area contributed by atoms with Crippen molar-refractivity contribution in [2.45, 2.75) is 18.9 Å². The van der Waals surface area contributed by atoms with Crippen molar-refractivity contribution in [3.63, 3.8) is 0 Å². The Morgan fingerprint density at radius 1 is 1.56 bits per heavy atom. The second kappa shape index (κ2) is 4.81. The molecule has 1 N–H and O–H groups in total. The molecule has 1 fully saturated rings. The van der Waals surface area contributed by atoms with Crippen LogP contribution in [0.3, 0.4) is 0 Å². The molecule has 1 aromatic carbocycles. The van der Waals surface area contributed by atoms with Crippen LogP contribution in [-0.2, 0) is 4.79 Å². The maximum atomic E-state index is 11.0. The molecule has 18 heavy (non-hydrogen) atoms. The van der Waals surface area contributed by atoms with Crippen molar-refractivity contribution in [1.82, 2.24) is 0 Å². The van der Waals surface area contributed by atoms with Gasteiger partial charge < -0.3 is 10.0 Å². The van der Waals surface area contributed by atoms with E-state index in [0.717, 1.165) is 12.8 Å². The van der Waals surface area contributed by atoms with E-state index in [4.69, 9.17) is 16.7 Å². The lowest BCUT2D eigenvalue weighted by Gasteiger charge is -2.22. The average molecular weight is 271 g/mol. The monoisotopic (exact) mass is 270 g/mol. The van der Waals surface area contributed by atoms with Crippen LogP contribution in [0.25, 0.3) is 0 Å². The number of nitro benzene ring substituents is 1. The fourth-order valence-electron chi connectivity index (χ4n) is 1.86. The lowest BCUT2D eigenvalue weighted by molar-refractivity contribution is -0.384. The van der Waals surface area contributed by atoms with Crippen molar-refractivity contribution in [2.24, 2.45) is 0 Å². The van der Waals surface area contributed by atoms with Gasteiger partial charge in [0.05, 0.1) is 4.92 Å². The molecule has 1 aliphatic carbocycles. The zero-order valence-electron chi connectivity index (χ0n) is 9.38. The minimum Gasteiger partial charge on any atom is -0.480 e. The van der Waals surface area contributed by atoms with Crippen molar-refractivity contribution < 1.29 is 14.8 Å². The lowest BCUT2D eigenvalue weighted by Crippen LogP contribution is -2.32. The number of hydrogen-bond acceptors (Lipinski definition) is 4. The number of aliphatic carboxylic acids is 1. The maximum absolute atomic E-state index is 11.0. The molecule has 2 rings (SSSR count). The van der Waals surface area contributed by atoms with Gasteiger partial charge in [0.15, 0.2) is 0 Å². The Hall–Kier alpha value is -1.82. The van der Waals surface area contributed by atoms with Crippen LogP contribution >= 0.6 is 11.6 Å². The molecule has 0 unspecified atom stereocenters. The van der Waals surface area contributed by atoms with Crippen LogP contribution in [0.1, 0.15) is 12.8 Å². The van der Waals surface area contributed by atoms with E-state index in [-0.39, 0.29) is 29.0 Å². The highest BCUT2D eigenvalue weighted by Crippen LogP contribution is 2.40. The van der Waals surface area contributed by atoms with Crippen LogP contribution in [0.15, 0.2) is 18.2 Å². The van der Waals surface area contributed by atoms with Gasteiger partial charge in [0.2, 0.25) is 0 Å². The van der Waals surface area contributed by atoms with Gasteiger partial charge in [0.25, 0.3) is 0 Å². The predicted molar refractivity (Wildman–Crippen MR) is 66.1 cm³/mol. The summed E-state index contributed by atoms with van der Waals surface area (Å²) in [7, 11) is 0. The van der Waals surface area contributed by atoms with E-state index in [1.165, 1.54) is 17.0 Å². The smallest absolute Gasteiger partial charge is 0.323 e. The minimum absolute atomic E-state index is 0.0218. The quantitative estimate of drug-likeness (QED) is 0.655. The highest BCUT2D eigenvalue weighted by Gasteiger charge is 2.35. The number of carboxylic acid groups (broad SMARTS) is 1. The first-order valence-corrected chi connectivity index (χ1v) is 5.80. The van der Waals surface area contributed by atoms with Crippen LogP contribution in [0.4, 0.5) is 11.4 Å². The standard InChI is InChI=1S/C11H11ClN2O4/c12-8-2-1-3-9(11(8)14(17)18)13(6-10(15)16)7-4-5-7/h1-3,7H,4-6H2,(H,15,16). The molecule has 1 aromatic rings. The number of carboxylic acids is 1. The molecule has 6 nitrogen and oxygen atoms in total. The molecule has 0 bridgehead atoms. The molecule has 0 saturated heterocycles. The van der Waals surface area contributed by atoms with E-state index >= 15 is 0 Å². The number of nitro groups is 1. The number of rotatable bonds is 5. The first-order chi connectivity index (χ1) is 8.50. The first kappa shape index (κ1) is 12.6.